The fourth-order valence-corrected chi connectivity index (χ4v) is 5.99. The van der Waals surface area contributed by atoms with Crippen LogP contribution in [-0.2, 0) is 35.2 Å². The first-order valence-corrected chi connectivity index (χ1v) is 15.7. The van der Waals surface area contributed by atoms with Gasteiger partial charge in [-0.15, -0.1) is 11.3 Å². The summed E-state index contributed by atoms with van der Waals surface area (Å²) in [6.45, 7) is 10.8. The number of aliphatic hydroxyl groups excluding tert-OH is 2. The maximum Gasteiger partial charge on any atom is 0.309 e. The van der Waals surface area contributed by atoms with Gasteiger partial charge in [-0.05, 0) is 43.8 Å². The highest BCUT2D eigenvalue weighted by atomic mass is 32.1. The fraction of sp³-hybridized carbons (Fsp3) is 0.742. The van der Waals surface area contributed by atoms with Crippen molar-refractivity contribution in [3.05, 3.63) is 21.7 Å². The highest BCUT2D eigenvalue weighted by Crippen LogP contribution is 2.36. The van der Waals surface area contributed by atoms with E-state index in [0.29, 0.717) is 23.5 Å². The summed E-state index contributed by atoms with van der Waals surface area (Å²) in [4.78, 5) is 42.7. The largest absolute Gasteiger partial charge is 0.458 e. The van der Waals surface area contributed by atoms with E-state index in [0.717, 1.165) is 37.7 Å². The molecule has 1 aromatic rings. The van der Waals surface area contributed by atoms with Gasteiger partial charge in [0, 0.05) is 24.1 Å². The molecule has 3 heterocycles. The average molecular weight is 594 g/mol. The van der Waals surface area contributed by atoms with Crippen LogP contribution in [0.2, 0.25) is 0 Å². The Hall–Kier alpha value is -2.14. The summed E-state index contributed by atoms with van der Waals surface area (Å²) in [6.07, 6.45) is 3.82. The van der Waals surface area contributed by atoms with Gasteiger partial charge in [0.2, 0.25) is 0 Å². The van der Waals surface area contributed by atoms with Crippen LogP contribution in [-0.4, -0.2) is 63.4 Å². The van der Waals surface area contributed by atoms with Crippen molar-refractivity contribution in [3.63, 3.8) is 0 Å². The summed E-state index contributed by atoms with van der Waals surface area (Å²) >= 11 is 1.39. The summed E-state index contributed by atoms with van der Waals surface area (Å²) in [7, 11) is 0. The first-order valence-electron chi connectivity index (χ1n) is 14.9. The van der Waals surface area contributed by atoms with Gasteiger partial charge in [0.25, 0.3) is 0 Å². The number of thiazole rings is 1. The number of epoxide rings is 1. The van der Waals surface area contributed by atoms with E-state index >= 15 is 0 Å². The third-order valence-electron chi connectivity index (χ3n) is 8.44. The van der Waals surface area contributed by atoms with Gasteiger partial charge in [0.1, 0.15) is 23.5 Å². The van der Waals surface area contributed by atoms with E-state index in [2.05, 4.69) is 4.98 Å². The monoisotopic (exact) mass is 593 g/mol. The highest BCUT2D eigenvalue weighted by molar-refractivity contribution is 7.09. The van der Waals surface area contributed by atoms with Crippen LogP contribution in [0, 0.1) is 17.3 Å². The first-order chi connectivity index (χ1) is 19.3. The SMILES string of the molecule is CCCCC(=O)OCc1nc(/C=C(\C)[C@@H]2C[C@@H]3O[C@@H]3CCC[C@H](C)[C@H](O)[C@@H](C)C(=O)C(C)(C)[C@@H](O)CC(=O)O2)cs1. The van der Waals surface area contributed by atoms with E-state index in [9.17, 15) is 24.6 Å². The van der Waals surface area contributed by atoms with Crippen molar-refractivity contribution in [2.45, 2.75) is 130 Å². The number of aliphatic hydroxyl groups is 2. The normalized spacial score (nSPS) is 31.7. The van der Waals surface area contributed by atoms with E-state index in [4.69, 9.17) is 14.2 Å². The van der Waals surface area contributed by atoms with Gasteiger partial charge in [-0.2, -0.15) is 0 Å². The van der Waals surface area contributed by atoms with E-state index in [-0.39, 0.29) is 42.9 Å². The van der Waals surface area contributed by atoms with Crippen LogP contribution in [0.4, 0.5) is 0 Å². The average Bonchev–Trinajstić information content (AvgIpc) is 3.51. The summed E-state index contributed by atoms with van der Waals surface area (Å²) in [6, 6.07) is 0. The maximum atomic E-state index is 13.3. The molecule has 10 heteroatoms. The summed E-state index contributed by atoms with van der Waals surface area (Å²) in [5.74, 6) is -1.89. The maximum absolute atomic E-state index is 13.3. The molecule has 2 aliphatic heterocycles. The van der Waals surface area contributed by atoms with Crippen LogP contribution in [0.5, 0.6) is 0 Å². The molecule has 0 unspecified atom stereocenters. The summed E-state index contributed by atoms with van der Waals surface area (Å²) < 4.78 is 17.1. The highest BCUT2D eigenvalue weighted by Gasteiger charge is 2.44. The van der Waals surface area contributed by atoms with Gasteiger partial charge in [0.05, 0.1) is 41.9 Å². The van der Waals surface area contributed by atoms with Crippen molar-refractivity contribution in [2.24, 2.45) is 17.3 Å². The zero-order valence-electron chi connectivity index (χ0n) is 25.3. The molecule has 2 saturated heterocycles. The molecule has 0 bridgehead atoms. The van der Waals surface area contributed by atoms with Crippen LogP contribution in [0.15, 0.2) is 11.0 Å². The van der Waals surface area contributed by atoms with E-state index in [1.54, 1.807) is 20.8 Å². The number of aromatic nitrogens is 1. The molecule has 1 aromatic heterocycles. The zero-order chi connectivity index (χ0) is 30.3. The minimum atomic E-state index is -1.27. The molecule has 2 aliphatic rings. The molecule has 0 saturated carbocycles. The number of carbonyl (C=O) groups excluding carboxylic acids is 3. The molecule has 0 spiro atoms. The van der Waals surface area contributed by atoms with Crippen molar-refractivity contribution in [3.8, 4) is 0 Å². The number of hydrogen-bond donors (Lipinski definition) is 2. The van der Waals surface area contributed by atoms with Gasteiger partial charge < -0.3 is 24.4 Å². The number of fused-ring (bicyclic) bond motifs is 1. The Morgan fingerprint density at radius 3 is 2.66 bits per heavy atom. The second-order valence-corrected chi connectivity index (χ2v) is 13.2. The van der Waals surface area contributed by atoms with Crippen molar-refractivity contribution in [2.75, 3.05) is 0 Å². The van der Waals surface area contributed by atoms with Gasteiger partial charge in [-0.3, -0.25) is 14.4 Å². The third kappa shape index (κ3) is 9.43. The predicted octanol–water partition coefficient (Wildman–Crippen LogP) is 5.01. The molecular weight excluding hydrogens is 546 g/mol. The lowest BCUT2D eigenvalue weighted by molar-refractivity contribution is -0.154. The number of hydrogen-bond acceptors (Lipinski definition) is 10. The van der Waals surface area contributed by atoms with Crippen LogP contribution in [0.3, 0.4) is 0 Å². The molecule has 0 amide bonds. The Bertz CT molecular complexity index is 1080. The van der Waals surface area contributed by atoms with E-state index in [1.807, 2.05) is 32.2 Å². The minimum Gasteiger partial charge on any atom is -0.458 e. The zero-order valence-corrected chi connectivity index (χ0v) is 26.1. The molecular formula is C31H47NO8S. The molecule has 230 valence electrons. The number of carbonyl (C=O) groups is 3. The van der Waals surface area contributed by atoms with Gasteiger partial charge in [-0.1, -0.05) is 47.5 Å². The van der Waals surface area contributed by atoms with Crippen LogP contribution in [0.25, 0.3) is 6.08 Å². The number of cyclic esters (lactones) is 1. The molecule has 0 aromatic carbocycles. The van der Waals surface area contributed by atoms with Crippen LogP contribution < -0.4 is 0 Å². The van der Waals surface area contributed by atoms with Crippen molar-refractivity contribution >= 4 is 35.1 Å². The molecule has 0 aliphatic carbocycles. The molecule has 7 atom stereocenters. The second kappa shape index (κ2) is 14.8. The quantitative estimate of drug-likeness (QED) is 0.330. The lowest BCUT2D eigenvalue weighted by Gasteiger charge is -2.34. The summed E-state index contributed by atoms with van der Waals surface area (Å²) in [5, 5.41) is 24.3. The van der Waals surface area contributed by atoms with E-state index < -0.39 is 35.6 Å². The number of esters is 2. The minimum absolute atomic E-state index is 0.0538. The molecule has 2 N–H and O–H groups in total. The molecule has 3 rings (SSSR count). The topological polar surface area (TPSA) is 136 Å². The Morgan fingerprint density at radius 2 is 1.95 bits per heavy atom. The molecule has 2 fully saturated rings. The Morgan fingerprint density at radius 1 is 1.22 bits per heavy atom. The Kier molecular flexibility index (Phi) is 12.1. The van der Waals surface area contributed by atoms with Crippen LogP contribution in [0.1, 0.15) is 104 Å². The molecule has 9 nitrogen and oxygen atoms in total. The Balaban J connectivity index is 1.74. The van der Waals surface area contributed by atoms with E-state index in [1.165, 1.54) is 11.3 Å². The second-order valence-electron chi connectivity index (χ2n) is 12.2. The lowest BCUT2D eigenvalue weighted by atomic mass is 9.73. The van der Waals surface area contributed by atoms with Crippen molar-refractivity contribution in [1.82, 2.24) is 4.98 Å². The van der Waals surface area contributed by atoms with Crippen molar-refractivity contribution < 1.29 is 38.8 Å². The number of Topliss-reactive ketones (excluding diaryl/α,β-unsaturated/α-hetero) is 1. The van der Waals surface area contributed by atoms with Gasteiger partial charge in [0.15, 0.2) is 0 Å². The smallest absolute Gasteiger partial charge is 0.309 e. The van der Waals surface area contributed by atoms with Gasteiger partial charge in [-0.25, -0.2) is 4.98 Å². The predicted molar refractivity (Wildman–Crippen MR) is 156 cm³/mol. The fourth-order valence-electron chi connectivity index (χ4n) is 5.33. The summed E-state index contributed by atoms with van der Waals surface area (Å²) in [5.41, 5.74) is 0.218. The lowest BCUT2D eigenvalue weighted by Crippen LogP contribution is -2.45. The number of ketones is 1. The van der Waals surface area contributed by atoms with Crippen molar-refractivity contribution in [1.29, 1.82) is 0 Å². The first kappa shape index (κ1) is 33.4. The number of unbranched alkanes of at least 4 members (excludes halogenated alkanes) is 1. The number of rotatable bonds is 7. The number of ether oxygens (including phenoxy) is 3. The van der Waals surface area contributed by atoms with Gasteiger partial charge >= 0.3 is 11.9 Å². The number of nitrogens with zero attached hydrogens (tertiary/aromatic N) is 1. The third-order valence-corrected chi connectivity index (χ3v) is 9.28. The Labute approximate surface area is 247 Å². The molecule has 0 radical (unpaired) electrons. The van der Waals surface area contributed by atoms with Crippen LogP contribution >= 0.6 is 11.3 Å². The molecule has 41 heavy (non-hydrogen) atoms. The standard InChI is InChI=1S/C31H47NO8S/c1-7-8-12-27(34)38-16-26-32-21(17-41-26)13-19(3)23-14-24-22(39-24)11-9-10-18(2)29(36)20(4)30(37)31(5,6)25(33)15-28(35)40-23/h13,17-18,20,22-25,29,33,36H,7-12,14-16H2,1-6H3/b19-13+/t18-,20+,22+,23-,24-,25-,29-/m0/s1.